The first kappa shape index (κ1) is 14.5. The first-order valence-electron chi connectivity index (χ1n) is 8.73. The molecule has 1 aliphatic heterocycles. The Balaban J connectivity index is 1.64. The van der Waals surface area contributed by atoms with Crippen molar-refractivity contribution in [3.8, 4) is 11.1 Å². The molecule has 2 aromatic rings. The van der Waals surface area contributed by atoms with Crippen molar-refractivity contribution in [3.63, 3.8) is 0 Å². The Bertz CT molecular complexity index is 714. The number of nitrogens with zero attached hydrogens (tertiary/aromatic N) is 1. The molecular formula is C21H23NO. The molecule has 0 spiro atoms. The van der Waals surface area contributed by atoms with Gasteiger partial charge in [0.1, 0.15) is 0 Å². The number of carbonyl (C=O) groups excluding carboxylic acids is 1. The van der Waals surface area contributed by atoms with Gasteiger partial charge in [-0.2, -0.15) is 0 Å². The number of fused-ring (bicyclic) bond motifs is 1. The molecule has 2 nitrogen and oxygen atoms in total. The van der Waals surface area contributed by atoms with Crippen LogP contribution in [0.15, 0.2) is 48.5 Å². The Hall–Kier alpha value is -2.09. The average Bonchev–Trinajstić information content (AvgIpc) is 2.91. The molecule has 2 aromatic carbocycles. The highest BCUT2D eigenvalue weighted by molar-refractivity contribution is 6.02. The molecule has 0 aromatic heterocycles. The number of amides is 1. The SMILES string of the molecule is CC1CCC(N2C(=O)Cc3cc(-c4ccccc4)ccc32)CC1. The quantitative estimate of drug-likeness (QED) is 0.779. The molecule has 0 bridgehead atoms. The van der Waals surface area contributed by atoms with Gasteiger partial charge in [0, 0.05) is 11.7 Å². The van der Waals surface area contributed by atoms with Gasteiger partial charge in [0.2, 0.25) is 5.91 Å². The van der Waals surface area contributed by atoms with Crippen LogP contribution in [0.25, 0.3) is 11.1 Å². The molecule has 0 atom stereocenters. The van der Waals surface area contributed by atoms with Crippen molar-refractivity contribution < 1.29 is 4.79 Å². The van der Waals surface area contributed by atoms with Crippen molar-refractivity contribution in [2.24, 2.45) is 5.92 Å². The first-order valence-corrected chi connectivity index (χ1v) is 8.73. The summed E-state index contributed by atoms with van der Waals surface area (Å²) in [6, 6.07) is 17.3. The summed E-state index contributed by atoms with van der Waals surface area (Å²) in [5, 5.41) is 0. The molecule has 1 aliphatic carbocycles. The van der Waals surface area contributed by atoms with Crippen LogP contribution in [-0.2, 0) is 11.2 Å². The fraction of sp³-hybridized carbons (Fsp3) is 0.381. The zero-order valence-corrected chi connectivity index (χ0v) is 13.7. The maximum absolute atomic E-state index is 12.6. The number of rotatable bonds is 2. The van der Waals surface area contributed by atoms with Crippen molar-refractivity contribution >= 4 is 11.6 Å². The average molecular weight is 305 g/mol. The molecule has 0 saturated heterocycles. The summed E-state index contributed by atoms with van der Waals surface area (Å²) in [6.07, 6.45) is 5.33. The Morgan fingerprint density at radius 3 is 2.39 bits per heavy atom. The molecule has 2 heteroatoms. The van der Waals surface area contributed by atoms with Crippen molar-refractivity contribution in [2.75, 3.05) is 4.90 Å². The van der Waals surface area contributed by atoms with Gasteiger partial charge in [-0.05, 0) is 60.4 Å². The molecule has 1 fully saturated rings. The van der Waals surface area contributed by atoms with Gasteiger partial charge in [0.25, 0.3) is 0 Å². The smallest absolute Gasteiger partial charge is 0.231 e. The predicted molar refractivity (Wildman–Crippen MR) is 94.5 cm³/mol. The van der Waals surface area contributed by atoms with Crippen LogP contribution in [-0.4, -0.2) is 11.9 Å². The van der Waals surface area contributed by atoms with E-state index in [4.69, 9.17) is 0 Å². The summed E-state index contributed by atoms with van der Waals surface area (Å²) in [4.78, 5) is 14.7. The third-order valence-electron chi connectivity index (χ3n) is 5.41. The lowest BCUT2D eigenvalue weighted by Crippen LogP contribution is -2.40. The predicted octanol–water partition coefficient (Wildman–Crippen LogP) is 4.82. The van der Waals surface area contributed by atoms with Crippen molar-refractivity contribution in [2.45, 2.75) is 45.1 Å². The fourth-order valence-electron chi connectivity index (χ4n) is 4.06. The van der Waals surface area contributed by atoms with Crippen LogP contribution < -0.4 is 4.90 Å². The second kappa shape index (κ2) is 5.84. The Morgan fingerprint density at radius 1 is 0.913 bits per heavy atom. The van der Waals surface area contributed by atoms with E-state index in [2.05, 4.69) is 54.3 Å². The normalized spacial score (nSPS) is 23.9. The molecule has 0 N–H and O–H groups in total. The topological polar surface area (TPSA) is 20.3 Å². The minimum atomic E-state index is 0.282. The summed E-state index contributed by atoms with van der Waals surface area (Å²) in [7, 11) is 0. The molecule has 1 amide bonds. The lowest BCUT2D eigenvalue weighted by atomic mass is 9.86. The van der Waals surface area contributed by atoms with E-state index in [0.717, 1.165) is 24.4 Å². The van der Waals surface area contributed by atoms with E-state index in [9.17, 15) is 4.79 Å². The molecule has 23 heavy (non-hydrogen) atoms. The van der Waals surface area contributed by atoms with Crippen LogP contribution in [0.2, 0.25) is 0 Å². The number of carbonyl (C=O) groups is 1. The Morgan fingerprint density at radius 2 is 1.65 bits per heavy atom. The van der Waals surface area contributed by atoms with Gasteiger partial charge >= 0.3 is 0 Å². The number of hydrogen-bond acceptors (Lipinski definition) is 1. The van der Waals surface area contributed by atoms with Crippen LogP contribution in [0.1, 0.15) is 38.2 Å². The Labute approximate surface area is 138 Å². The lowest BCUT2D eigenvalue weighted by Gasteiger charge is -2.34. The number of hydrogen-bond donors (Lipinski definition) is 0. The molecule has 1 heterocycles. The molecular weight excluding hydrogens is 282 g/mol. The minimum Gasteiger partial charge on any atom is -0.309 e. The van der Waals surface area contributed by atoms with Crippen LogP contribution in [0.3, 0.4) is 0 Å². The van der Waals surface area contributed by atoms with Gasteiger partial charge in [-0.15, -0.1) is 0 Å². The van der Waals surface area contributed by atoms with Crippen LogP contribution >= 0.6 is 0 Å². The van der Waals surface area contributed by atoms with Gasteiger partial charge in [-0.25, -0.2) is 0 Å². The van der Waals surface area contributed by atoms with Crippen molar-refractivity contribution in [3.05, 3.63) is 54.1 Å². The van der Waals surface area contributed by atoms with Crippen LogP contribution in [0.4, 0.5) is 5.69 Å². The molecule has 0 unspecified atom stereocenters. The molecule has 4 rings (SSSR count). The zero-order chi connectivity index (χ0) is 15.8. The highest BCUT2D eigenvalue weighted by atomic mass is 16.2. The Kier molecular flexibility index (Phi) is 3.68. The van der Waals surface area contributed by atoms with E-state index >= 15 is 0 Å². The third-order valence-corrected chi connectivity index (χ3v) is 5.41. The zero-order valence-electron chi connectivity index (χ0n) is 13.7. The highest BCUT2D eigenvalue weighted by Gasteiger charge is 2.34. The van der Waals surface area contributed by atoms with Gasteiger partial charge in [-0.1, -0.05) is 43.3 Å². The summed E-state index contributed by atoms with van der Waals surface area (Å²) < 4.78 is 0. The minimum absolute atomic E-state index is 0.282. The summed E-state index contributed by atoms with van der Waals surface area (Å²) >= 11 is 0. The van der Waals surface area contributed by atoms with Crippen molar-refractivity contribution in [1.29, 1.82) is 0 Å². The fourth-order valence-corrected chi connectivity index (χ4v) is 4.06. The van der Waals surface area contributed by atoms with Crippen LogP contribution in [0, 0.1) is 5.92 Å². The van der Waals surface area contributed by atoms with Gasteiger partial charge in [0.15, 0.2) is 0 Å². The number of benzene rings is 2. The van der Waals surface area contributed by atoms with E-state index in [1.165, 1.54) is 29.5 Å². The molecule has 118 valence electrons. The van der Waals surface area contributed by atoms with Gasteiger partial charge in [0.05, 0.1) is 6.42 Å². The number of anilines is 1. The van der Waals surface area contributed by atoms with Crippen molar-refractivity contribution in [1.82, 2.24) is 0 Å². The summed E-state index contributed by atoms with van der Waals surface area (Å²) in [5.41, 5.74) is 4.76. The molecule has 1 saturated carbocycles. The summed E-state index contributed by atoms with van der Waals surface area (Å²) in [5.74, 6) is 1.09. The van der Waals surface area contributed by atoms with E-state index < -0.39 is 0 Å². The monoisotopic (exact) mass is 305 g/mol. The van der Waals surface area contributed by atoms with Gasteiger partial charge < -0.3 is 4.90 Å². The summed E-state index contributed by atoms with van der Waals surface area (Å²) in [6.45, 7) is 2.32. The maximum atomic E-state index is 12.6. The largest absolute Gasteiger partial charge is 0.309 e. The second-order valence-corrected chi connectivity index (χ2v) is 7.06. The third kappa shape index (κ3) is 2.67. The van der Waals surface area contributed by atoms with E-state index in [-0.39, 0.29) is 5.91 Å². The maximum Gasteiger partial charge on any atom is 0.231 e. The lowest BCUT2D eigenvalue weighted by molar-refractivity contribution is -0.118. The highest BCUT2D eigenvalue weighted by Crippen LogP contribution is 2.38. The van der Waals surface area contributed by atoms with Gasteiger partial charge in [-0.3, -0.25) is 4.79 Å². The first-order chi connectivity index (χ1) is 11.2. The van der Waals surface area contributed by atoms with E-state index in [1.54, 1.807) is 0 Å². The van der Waals surface area contributed by atoms with Crippen LogP contribution in [0.5, 0.6) is 0 Å². The van der Waals surface area contributed by atoms with E-state index in [1.807, 2.05) is 6.07 Å². The molecule has 0 radical (unpaired) electrons. The molecule has 2 aliphatic rings. The second-order valence-electron chi connectivity index (χ2n) is 7.06. The van der Waals surface area contributed by atoms with E-state index in [0.29, 0.717) is 12.5 Å². The standard InChI is InChI=1S/C21H23NO/c1-15-7-10-19(11-8-15)22-20-12-9-17(13-18(20)14-21(22)23)16-5-3-2-4-6-16/h2-6,9,12-13,15,19H,7-8,10-11,14H2,1H3.